The minimum absolute atomic E-state index is 0.0852. The maximum atomic E-state index is 13.2. The Morgan fingerprint density at radius 3 is 2.21 bits per heavy atom. The molecule has 3 rings (SSSR count). The molecule has 0 aliphatic carbocycles. The average molecular weight is 474 g/mol. The van der Waals surface area contributed by atoms with Crippen molar-refractivity contribution >= 4 is 5.91 Å². The van der Waals surface area contributed by atoms with E-state index in [0.717, 1.165) is 11.1 Å². The molecule has 1 amide bonds. The highest BCUT2D eigenvalue weighted by atomic mass is 19.4. The van der Waals surface area contributed by atoms with E-state index in [0.29, 0.717) is 25.1 Å². The monoisotopic (exact) mass is 474 g/mol. The third-order valence-corrected chi connectivity index (χ3v) is 5.79. The third-order valence-electron chi connectivity index (χ3n) is 5.79. The summed E-state index contributed by atoms with van der Waals surface area (Å²) in [5, 5.41) is 0. The number of hydrogen-bond acceptors (Lipinski definition) is 3. The van der Waals surface area contributed by atoms with Crippen LogP contribution in [0.1, 0.15) is 40.2 Å². The Bertz CT molecular complexity index is 957. The van der Waals surface area contributed by atoms with Gasteiger partial charge in [0.05, 0.1) is 30.4 Å². The van der Waals surface area contributed by atoms with Gasteiger partial charge < -0.3 is 15.4 Å². The molecule has 0 radical (unpaired) electrons. The molecule has 2 N–H and O–H groups in total. The zero-order chi connectivity index (χ0) is 24.4. The van der Waals surface area contributed by atoms with E-state index in [1.807, 2.05) is 31.2 Å². The number of alkyl halides is 6. The van der Waals surface area contributed by atoms with Gasteiger partial charge in [0.1, 0.15) is 0 Å². The predicted octanol–water partition coefficient (Wildman–Crippen LogP) is 4.89. The van der Waals surface area contributed by atoms with Crippen molar-refractivity contribution in [1.82, 2.24) is 4.90 Å². The second-order valence-electron chi connectivity index (χ2n) is 8.06. The van der Waals surface area contributed by atoms with Crippen LogP contribution in [0, 0.1) is 6.92 Å². The summed E-state index contributed by atoms with van der Waals surface area (Å²) in [4.78, 5) is 13.6. The molecule has 1 saturated heterocycles. The maximum Gasteiger partial charge on any atom is 0.416 e. The fourth-order valence-electron chi connectivity index (χ4n) is 4.11. The number of aryl methyl sites for hydroxylation is 1. The van der Waals surface area contributed by atoms with Gasteiger partial charge in [-0.25, -0.2) is 0 Å². The topological polar surface area (TPSA) is 55.6 Å². The first kappa shape index (κ1) is 25.0. The molecule has 1 fully saturated rings. The molecule has 2 aromatic carbocycles. The summed E-state index contributed by atoms with van der Waals surface area (Å²) in [5.41, 5.74) is 4.36. The van der Waals surface area contributed by atoms with E-state index in [9.17, 15) is 31.1 Å². The number of halogens is 6. The number of rotatable bonds is 5. The molecular formula is C23H24F6N2O2. The largest absolute Gasteiger partial charge is 0.416 e. The van der Waals surface area contributed by atoms with Crippen molar-refractivity contribution in [3.63, 3.8) is 0 Å². The average Bonchev–Trinajstić information content (AvgIpc) is 2.76. The summed E-state index contributed by atoms with van der Waals surface area (Å²) < 4.78 is 84.9. The van der Waals surface area contributed by atoms with Crippen LogP contribution in [0.15, 0.2) is 42.5 Å². The van der Waals surface area contributed by atoms with Crippen molar-refractivity contribution in [1.29, 1.82) is 0 Å². The van der Waals surface area contributed by atoms with Crippen LogP contribution in [0.2, 0.25) is 0 Å². The second-order valence-corrected chi connectivity index (χ2v) is 8.06. The second kappa shape index (κ2) is 9.72. The van der Waals surface area contributed by atoms with E-state index in [-0.39, 0.29) is 36.5 Å². The lowest BCUT2D eigenvalue weighted by Gasteiger charge is -2.39. The number of piperidine rings is 1. The Hall–Kier alpha value is -2.59. The van der Waals surface area contributed by atoms with Gasteiger partial charge in [0.2, 0.25) is 5.91 Å². The van der Waals surface area contributed by atoms with Crippen molar-refractivity contribution in [2.24, 2.45) is 5.73 Å². The molecule has 0 bridgehead atoms. The number of carbonyl (C=O) groups excluding carboxylic acids is 1. The van der Waals surface area contributed by atoms with Crippen molar-refractivity contribution < 1.29 is 35.9 Å². The summed E-state index contributed by atoms with van der Waals surface area (Å²) in [7, 11) is 0. The van der Waals surface area contributed by atoms with Crippen LogP contribution in [0.3, 0.4) is 0 Å². The maximum absolute atomic E-state index is 13.2. The van der Waals surface area contributed by atoms with E-state index in [4.69, 9.17) is 10.5 Å². The number of hydrogen-bond donors (Lipinski definition) is 1. The molecule has 0 aromatic heterocycles. The zero-order valence-electron chi connectivity index (χ0n) is 17.8. The summed E-state index contributed by atoms with van der Waals surface area (Å²) >= 11 is 0. The van der Waals surface area contributed by atoms with Crippen LogP contribution in [-0.2, 0) is 28.5 Å². The van der Waals surface area contributed by atoms with Gasteiger partial charge in [-0.1, -0.05) is 24.3 Å². The minimum atomic E-state index is -4.94. The fourth-order valence-corrected chi connectivity index (χ4v) is 4.11. The summed E-state index contributed by atoms with van der Waals surface area (Å²) in [6, 6.07) is 8.92. The number of ether oxygens (including phenoxy) is 1. The Balaban J connectivity index is 1.89. The van der Waals surface area contributed by atoms with Crippen LogP contribution in [0.25, 0.3) is 0 Å². The highest BCUT2D eigenvalue weighted by Crippen LogP contribution is 2.37. The molecule has 2 atom stereocenters. The molecule has 0 unspecified atom stereocenters. The van der Waals surface area contributed by atoms with Gasteiger partial charge >= 0.3 is 12.4 Å². The number of benzene rings is 2. The number of carbonyl (C=O) groups is 1. The van der Waals surface area contributed by atoms with Gasteiger partial charge in [0.25, 0.3) is 0 Å². The molecule has 1 heterocycles. The smallest absolute Gasteiger partial charge is 0.371 e. The minimum Gasteiger partial charge on any atom is -0.371 e. The number of nitrogens with two attached hydrogens (primary N) is 1. The number of amides is 1. The lowest BCUT2D eigenvalue weighted by molar-refractivity contribution is -0.143. The van der Waals surface area contributed by atoms with Crippen LogP contribution < -0.4 is 5.73 Å². The lowest BCUT2D eigenvalue weighted by atomic mass is 9.84. The molecule has 0 spiro atoms. The SMILES string of the molecule is Cc1ccccc1[C@@H]1CCN(C(=O)CN)C[C@@H]1OCc1cc(C(F)(F)F)cc(C(F)(F)F)c1. The predicted molar refractivity (Wildman–Crippen MR) is 109 cm³/mol. The Morgan fingerprint density at radius 2 is 1.67 bits per heavy atom. The molecule has 1 aliphatic rings. The van der Waals surface area contributed by atoms with Crippen LogP contribution in [0.4, 0.5) is 26.3 Å². The molecule has 33 heavy (non-hydrogen) atoms. The first-order chi connectivity index (χ1) is 15.4. The standard InChI is InChI=1S/C23H24F6N2O2/c1-14-4-2-3-5-18(14)19-6-7-31(21(32)11-30)12-20(19)33-13-15-8-16(22(24,25)26)10-17(9-15)23(27,28)29/h2-5,8-10,19-20H,6-7,11-13,30H2,1H3/t19-,20-/m0/s1. The number of likely N-dealkylation sites (tertiary alicyclic amines) is 1. The van der Waals surface area contributed by atoms with Crippen LogP contribution in [0.5, 0.6) is 0 Å². The van der Waals surface area contributed by atoms with E-state index in [2.05, 4.69) is 0 Å². The quantitative estimate of drug-likeness (QED) is 0.628. The van der Waals surface area contributed by atoms with E-state index >= 15 is 0 Å². The summed E-state index contributed by atoms with van der Waals surface area (Å²) in [6.07, 6.45) is -9.97. The van der Waals surface area contributed by atoms with Gasteiger partial charge in [-0.05, 0) is 48.2 Å². The van der Waals surface area contributed by atoms with Gasteiger partial charge in [0.15, 0.2) is 0 Å². The van der Waals surface area contributed by atoms with Crippen molar-refractivity contribution in [3.05, 3.63) is 70.3 Å². The lowest BCUT2D eigenvalue weighted by Crippen LogP contribution is -2.48. The summed E-state index contributed by atoms with van der Waals surface area (Å²) in [5.74, 6) is -0.480. The Labute approximate surface area is 187 Å². The first-order valence-corrected chi connectivity index (χ1v) is 10.3. The van der Waals surface area contributed by atoms with Crippen LogP contribution >= 0.6 is 0 Å². The van der Waals surface area contributed by atoms with E-state index < -0.39 is 36.2 Å². The van der Waals surface area contributed by atoms with Gasteiger partial charge in [-0.15, -0.1) is 0 Å². The van der Waals surface area contributed by atoms with Crippen molar-refractivity contribution in [2.45, 2.75) is 44.3 Å². The normalized spacial score (nSPS) is 19.6. The van der Waals surface area contributed by atoms with E-state index in [1.54, 1.807) is 0 Å². The highest BCUT2D eigenvalue weighted by molar-refractivity contribution is 5.78. The molecule has 0 saturated carbocycles. The Kier molecular flexibility index (Phi) is 7.38. The summed E-state index contributed by atoms with van der Waals surface area (Å²) in [6.45, 7) is 1.80. The van der Waals surface area contributed by atoms with Crippen molar-refractivity contribution in [3.8, 4) is 0 Å². The van der Waals surface area contributed by atoms with E-state index in [1.165, 1.54) is 4.90 Å². The van der Waals surface area contributed by atoms with Crippen LogP contribution in [-0.4, -0.2) is 36.5 Å². The molecule has 180 valence electrons. The van der Waals surface area contributed by atoms with Gasteiger partial charge in [0, 0.05) is 19.0 Å². The van der Waals surface area contributed by atoms with Gasteiger partial charge in [-0.3, -0.25) is 4.79 Å². The molecule has 1 aliphatic heterocycles. The molecule has 4 nitrogen and oxygen atoms in total. The highest BCUT2D eigenvalue weighted by Gasteiger charge is 2.38. The van der Waals surface area contributed by atoms with Crippen molar-refractivity contribution in [2.75, 3.05) is 19.6 Å². The third kappa shape index (κ3) is 6.05. The molecular weight excluding hydrogens is 450 g/mol. The first-order valence-electron chi connectivity index (χ1n) is 10.3. The Morgan fingerprint density at radius 1 is 1.06 bits per heavy atom. The molecule has 10 heteroatoms. The van der Waals surface area contributed by atoms with Gasteiger partial charge in [-0.2, -0.15) is 26.3 Å². The molecule has 2 aromatic rings. The fraction of sp³-hybridized carbons (Fsp3) is 0.435. The number of nitrogens with zero attached hydrogens (tertiary/aromatic N) is 1. The zero-order valence-corrected chi connectivity index (χ0v) is 17.8.